The summed E-state index contributed by atoms with van der Waals surface area (Å²) >= 11 is 0. The fourth-order valence-electron chi connectivity index (χ4n) is 2.71. The molecule has 2 N–H and O–H groups in total. The number of aliphatic hydroxyl groups excluding tert-OH is 1. The summed E-state index contributed by atoms with van der Waals surface area (Å²) in [4.78, 5) is 11.3. The average molecular weight is 214 g/mol. The second-order valence-corrected chi connectivity index (χ2v) is 4.99. The number of hydrogen-bond donors (Lipinski definition) is 2. The van der Waals surface area contributed by atoms with Gasteiger partial charge in [-0.05, 0) is 44.9 Å². The molecule has 15 heavy (non-hydrogen) atoms. The molecule has 3 heteroatoms. The molecule has 0 aromatic rings. The summed E-state index contributed by atoms with van der Waals surface area (Å²) < 4.78 is 0. The standard InChI is InChI=1S/C12H22O3/c1-3-10-4-6-12(7-5-10,11(14)15)8-9(2)13/h9-10,13H,3-8H2,1-2H3,(H,14,15). The van der Waals surface area contributed by atoms with Gasteiger partial charge in [0, 0.05) is 0 Å². The predicted molar refractivity (Wildman–Crippen MR) is 58.6 cm³/mol. The zero-order chi connectivity index (χ0) is 11.5. The van der Waals surface area contributed by atoms with E-state index < -0.39 is 17.5 Å². The molecular weight excluding hydrogens is 192 g/mol. The quantitative estimate of drug-likeness (QED) is 0.755. The van der Waals surface area contributed by atoms with E-state index in [1.165, 1.54) is 0 Å². The SMILES string of the molecule is CCC1CCC(CC(C)O)(C(=O)O)CC1. The van der Waals surface area contributed by atoms with Gasteiger partial charge in [-0.2, -0.15) is 0 Å². The number of carboxylic acids is 1. The van der Waals surface area contributed by atoms with Gasteiger partial charge in [-0.25, -0.2) is 0 Å². The molecule has 3 nitrogen and oxygen atoms in total. The fourth-order valence-corrected chi connectivity index (χ4v) is 2.71. The minimum Gasteiger partial charge on any atom is -0.481 e. The number of rotatable bonds is 4. The summed E-state index contributed by atoms with van der Waals surface area (Å²) in [6.45, 7) is 3.84. The van der Waals surface area contributed by atoms with Crippen LogP contribution in [0.15, 0.2) is 0 Å². The zero-order valence-corrected chi connectivity index (χ0v) is 9.70. The van der Waals surface area contributed by atoms with E-state index in [0.717, 1.165) is 32.1 Å². The molecular formula is C12H22O3. The lowest BCUT2D eigenvalue weighted by molar-refractivity contribution is -0.154. The summed E-state index contributed by atoms with van der Waals surface area (Å²) in [5, 5.41) is 18.7. The summed E-state index contributed by atoms with van der Waals surface area (Å²) in [7, 11) is 0. The van der Waals surface area contributed by atoms with Crippen molar-refractivity contribution in [2.45, 2.75) is 58.5 Å². The van der Waals surface area contributed by atoms with E-state index in [0.29, 0.717) is 12.3 Å². The monoisotopic (exact) mass is 214 g/mol. The number of carboxylic acid groups (broad SMARTS) is 1. The summed E-state index contributed by atoms with van der Waals surface area (Å²) in [6.07, 6.45) is 4.48. The third-order valence-electron chi connectivity index (χ3n) is 3.78. The van der Waals surface area contributed by atoms with Gasteiger partial charge in [0.05, 0.1) is 11.5 Å². The van der Waals surface area contributed by atoms with Crippen molar-refractivity contribution in [3.05, 3.63) is 0 Å². The van der Waals surface area contributed by atoms with Crippen LogP contribution in [0.25, 0.3) is 0 Å². The topological polar surface area (TPSA) is 57.5 Å². The van der Waals surface area contributed by atoms with Crippen LogP contribution in [0.2, 0.25) is 0 Å². The van der Waals surface area contributed by atoms with E-state index in [1.54, 1.807) is 6.92 Å². The summed E-state index contributed by atoms with van der Waals surface area (Å²) in [6, 6.07) is 0. The Kier molecular flexibility index (Phi) is 4.14. The maximum atomic E-state index is 11.3. The minimum atomic E-state index is -0.724. The maximum Gasteiger partial charge on any atom is 0.309 e. The van der Waals surface area contributed by atoms with E-state index >= 15 is 0 Å². The van der Waals surface area contributed by atoms with Crippen molar-refractivity contribution in [3.8, 4) is 0 Å². The first-order valence-electron chi connectivity index (χ1n) is 5.91. The smallest absolute Gasteiger partial charge is 0.309 e. The molecule has 0 saturated heterocycles. The Hall–Kier alpha value is -0.570. The normalized spacial score (nSPS) is 33.7. The van der Waals surface area contributed by atoms with Crippen LogP contribution in [0.1, 0.15) is 52.4 Å². The molecule has 1 aliphatic rings. The third kappa shape index (κ3) is 2.94. The van der Waals surface area contributed by atoms with Gasteiger partial charge in [-0.1, -0.05) is 13.3 Å². The minimum absolute atomic E-state index is 0.402. The second kappa shape index (κ2) is 4.97. The number of aliphatic carboxylic acids is 1. The highest BCUT2D eigenvalue weighted by molar-refractivity contribution is 5.74. The number of carbonyl (C=O) groups is 1. The largest absolute Gasteiger partial charge is 0.481 e. The van der Waals surface area contributed by atoms with Crippen LogP contribution in [-0.2, 0) is 4.79 Å². The van der Waals surface area contributed by atoms with Crippen LogP contribution < -0.4 is 0 Å². The molecule has 1 aliphatic carbocycles. The molecule has 0 aliphatic heterocycles. The average Bonchev–Trinajstić information content (AvgIpc) is 2.17. The van der Waals surface area contributed by atoms with Gasteiger partial charge in [0.15, 0.2) is 0 Å². The molecule has 0 amide bonds. The lowest BCUT2D eigenvalue weighted by Gasteiger charge is -2.37. The first-order valence-corrected chi connectivity index (χ1v) is 5.91. The van der Waals surface area contributed by atoms with Gasteiger partial charge in [-0.15, -0.1) is 0 Å². The van der Waals surface area contributed by atoms with Crippen molar-refractivity contribution in [2.24, 2.45) is 11.3 Å². The highest BCUT2D eigenvalue weighted by Gasteiger charge is 2.42. The Morgan fingerprint density at radius 2 is 2.00 bits per heavy atom. The molecule has 0 bridgehead atoms. The van der Waals surface area contributed by atoms with Crippen molar-refractivity contribution in [2.75, 3.05) is 0 Å². The van der Waals surface area contributed by atoms with Crippen LogP contribution in [-0.4, -0.2) is 22.3 Å². The predicted octanol–water partition coefficient (Wildman–Crippen LogP) is 2.43. The lowest BCUT2D eigenvalue weighted by atomic mass is 9.67. The van der Waals surface area contributed by atoms with E-state index in [2.05, 4.69) is 6.92 Å². The van der Waals surface area contributed by atoms with E-state index in [1.807, 2.05) is 0 Å². The van der Waals surface area contributed by atoms with Crippen molar-refractivity contribution < 1.29 is 15.0 Å². The van der Waals surface area contributed by atoms with E-state index in [-0.39, 0.29) is 0 Å². The highest BCUT2D eigenvalue weighted by atomic mass is 16.4. The molecule has 1 saturated carbocycles. The van der Waals surface area contributed by atoms with Gasteiger partial charge in [0.1, 0.15) is 0 Å². The number of aliphatic hydroxyl groups is 1. The lowest BCUT2D eigenvalue weighted by Crippen LogP contribution is -2.37. The molecule has 1 rings (SSSR count). The molecule has 1 fully saturated rings. The molecule has 88 valence electrons. The summed E-state index contributed by atoms with van der Waals surface area (Å²) in [5.41, 5.74) is -0.653. The van der Waals surface area contributed by atoms with Crippen LogP contribution in [0.4, 0.5) is 0 Å². The van der Waals surface area contributed by atoms with Crippen LogP contribution in [0, 0.1) is 11.3 Å². The zero-order valence-electron chi connectivity index (χ0n) is 9.70. The van der Waals surface area contributed by atoms with Gasteiger partial charge < -0.3 is 10.2 Å². The van der Waals surface area contributed by atoms with Crippen LogP contribution >= 0.6 is 0 Å². The van der Waals surface area contributed by atoms with Gasteiger partial charge >= 0.3 is 5.97 Å². The molecule has 0 radical (unpaired) electrons. The summed E-state index contributed by atoms with van der Waals surface area (Å²) in [5.74, 6) is -0.0376. The van der Waals surface area contributed by atoms with Crippen molar-refractivity contribution in [1.29, 1.82) is 0 Å². The van der Waals surface area contributed by atoms with Crippen molar-refractivity contribution in [3.63, 3.8) is 0 Å². The molecule has 0 spiro atoms. The Balaban J connectivity index is 2.65. The Labute approximate surface area is 91.5 Å². The van der Waals surface area contributed by atoms with Crippen LogP contribution in [0.3, 0.4) is 0 Å². The molecule has 0 heterocycles. The van der Waals surface area contributed by atoms with Crippen molar-refractivity contribution >= 4 is 5.97 Å². The fraction of sp³-hybridized carbons (Fsp3) is 0.917. The molecule has 1 unspecified atom stereocenters. The Morgan fingerprint density at radius 3 is 2.33 bits per heavy atom. The maximum absolute atomic E-state index is 11.3. The van der Waals surface area contributed by atoms with E-state index in [4.69, 9.17) is 0 Å². The van der Waals surface area contributed by atoms with E-state index in [9.17, 15) is 15.0 Å². The molecule has 0 aromatic carbocycles. The number of hydrogen-bond acceptors (Lipinski definition) is 2. The second-order valence-electron chi connectivity index (χ2n) is 4.99. The highest BCUT2D eigenvalue weighted by Crippen LogP contribution is 2.43. The first kappa shape index (κ1) is 12.5. The van der Waals surface area contributed by atoms with Crippen molar-refractivity contribution in [1.82, 2.24) is 0 Å². The van der Waals surface area contributed by atoms with Gasteiger partial charge in [0.2, 0.25) is 0 Å². The molecule has 1 atom stereocenters. The third-order valence-corrected chi connectivity index (χ3v) is 3.78. The van der Waals surface area contributed by atoms with Crippen LogP contribution in [0.5, 0.6) is 0 Å². The molecule has 0 aromatic heterocycles. The van der Waals surface area contributed by atoms with Gasteiger partial charge in [-0.3, -0.25) is 4.79 Å². The Morgan fingerprint density at radius 1 is 1.47 bits per heavy atom. The first-order chi connectivity index (χ1) is 7.00. The Bertz CT molecular complexity index is 215. The van der Waals surface area contributed by atoms with Gasteiger partial charge in [0.25, 0.3) is 0 Å².